The van der Waals surface area contributed by atoms with Gasteiger partial charge in [-0.1, -0.05) is 15.9 Å². The van der Waals surface area contributed by atoms with Crippen LogP contribution in [-0.2, 0) is 0 Å². The second kappa shape index (κ2) is 6.92. The number of nitrogens with zero attached hydrogens (tertiary/aromatic N) is 1. The minimum absolute atomic E-state index is 0.713. The highest BCUT2D eigenvalue weighted by molar-refractivity contribution is 9.10. The highest BCUT2D eigenvalue weighted by Crippen LogP contribution is 2.33. The zero-order valence-corrected chi connectivity index (χ0v) is 13.4. The molecule has 0 radical (unpaired) electrons. The summed E-state index contributed by atoms with van der Waals surface area (Å²) < 4.78 is 6.93. The normalized spacial score (nSPS) is 24.4. The Hall–Kier alpha value is -0.580. The fraction of sp³-hybridized carbons (Fsp3) is 0.625. The summed E-state index contributed by atoms with van der Waals surface area (Å²) in [6.45, 7) is 5.36. The van der Waals surface area contributed by atoms with Gasteiger partial charge in [-0.15, -0.1) is 0 Å². The number of hydrogen-bond donors (Lipinski definition) is 1. The molecule has 1 aromatic carbocycles. The van der Waals surface area contributed by atoms with E-state index in [4.69, 9.17) is 4.74 Å². The van der Waals surface area contributed by atoms with Gasteiger partial charge in [-0.2, -0.15) is 0 Å². The van der Waals surface area contributed by atoms with E-state index in [1.165, 1.54) is 38.9 Å². The maximum atomic E-state index is 5.83. The lowest BCUT2D eigenvalue weighted by molar-refractivity contribution is 0.202. The summed E-state index contributed by atoms with van der Waals surface area (Å²) in [5.74, 6) is 1.89. The SMILES string of the molecule is Brc1ccc(OCCN2CCCNC(C3CC3)C2)cc1. The summed E-state index contributed by atoms with van der Waals surface area (Å²) in [7, 11) is 0. The van der Waals surface area contributed by atoms with Gasteiger partial charge in [0.05, 0.1) is 0 Å². The van der Waals surface area contributed by atoms with Crippen LogP contribution in [0.1, 0.15) is 19.3 Å². The van der Waals surface area contributed by atoms with Crippen LogP contribution in [0.25, 0.3) is 0 Å². The van der Waals surface area contributed by atoms with E-state index in [0.29, 0.717) is 6.04 Å². The Labute approximate surface area is 129 Å². The van der Waals surface area contributed by atoms with Gasteiger partial charge in [0.25, 0.3) is 0 Å². The summed E-state index contributed by atoms with van der Waals surface area (Å²) in [5.41, 5.74) is 0. The molecular weight excluding hydrogens is 316 g/mol. The predicted molar refractivity (Wildman–Crippen MR) is 85.2 cm³/mol. The fourth-order valence-electron chi connectivity index (χ4n) is 2.86. The van der Waals surface area contributed by atoms with Crippen molar-refractivity contribution >= 4 is 15.9 Å². The molecule has 1 saturated carbocycles. The third kappa shape index (κ3) is 4.21. The molecule has 0 amide bonds. The minimum Gasteiger partial charge on any atom is -0.492 e. The van der Waals surface area contributed by atoms with Crippen molar-refractivity contribution in [3.05, 3.63) is 28.7 Å². The second-order valence-corrected chi connectivity index (χ2v) is 6.77. The lowest BCUT2D eigenvalue weighted by atomic mass is 10.2. The summed E-state index contributed by atoms with van der Waals surface area (Å²) in [4.78, 5) is 2.56. The first-order valence-corrected chi connectivity index (χ1v) is 8.45. The molecule has 1 unspecified atom stereocenters. The molecule has 2 aliphatic rings. The van der Waals surface area contributed by atoms with Crippen molar-refractivity contribution in [2.45, 2.75) is 25.3 Å². The Morgan fingerprint density at radius 2 is 2.05 bits per heavy atom. The van der Waals surface area contributed by atoms with Gasteiger partial charge < -0.3 is 10.1 Å². The number of nitrogens with one attached hydrogen (secondary N) is 1. The van der Waals surface area contributed by atoms with Crippen molar-refractivity contribution in [3.63, 3.8) is 0 Å². The first-order chi connectivity index (χ1) is 9.81. The maximum absolute atomic E-state index is 5.83. The number of benzene rings is 1. The van der Waals surface area contributed by atoms with Gasteiger partial charge in [0.15, 0.2) is 0 Å². The van der Waals surface area contributed by atoms with Gasteiger partial charge in [-0.3, -0.25) is 4.90 Å². The molecule has 3 nitrogen and oxygen atoms in total. The molecule has 4 heteroatoms. The predicted octanol–water partition coefficient (Wildman–Crippen LogP) is 2.90. The Kier molecular flexibility index (Phi) is 4.97. The Morgan fingerprint density at radius 3 is 2.80 bits per heavy atom. The topological polar surface area (TPSA) is 24.5 Å². The van der Waals surface area contributed by atoms with Crippen LogP contribution in [0, 0.1) is 5.92 Å². The van der Waals surface area contributed by atoms with Gasteiger partial charge in [-0.25, -0.2) is 0 Å². The molecule has 1 aliphatic heterocycles. The van der Waals surface area contributed by atoms with Crippen LogP contribution >= 0.6 is 15.9 Å². The molecule has 20 heavy (non-hydrogen) atoms. The van der Waals surface area contributed by atoms with Crippen molar-refractivity contribution in [1.29, 1.82) is 0 Å². The Bertz CT molecular complexity index is 419. The van der Waals surface area contributed by atoms with E-state index in [9.17, 15) is 0 Å². The highest BCUT2D eigenvalue weighted by atomic mass is 79.9. The van der Waals surface area contributed by atoms with Crippen LogP contribution in [-0.4, -0.2) is 43.7 Å². The van der Waals surface area contributed by atoms with E-state index in [1.807, 2.05) is 24.3 Å². The summed E-state index contributed by atoms with van der Waals surface area (Å²) in [5, 5.41) is 3.70. The van der Waals surface area contributed by atoms with E-state index in [0.717, 1.165) is 29.3 Å². The second-order valence-electron chi connectivity index (χ2n) is 5.85. The third-order valence-electron chi connectivity index (χ3n) is 4.19. The fourth-order valence-corrected chi connectivity index (χ4v) is 3.13. The van der Waals surface area contributed by atoms with Crippen LogP contribution in [0.4, 0.5) is 0 Å². The molecule has 0 bridgehead atoms. The molecular formula is C16H23BrN2O. The van der Waals surface area contributed by atoms with E-state index in [1.54, 1.807) is 0 Å². The zero-order chi connectivity index (χ0) is 13.8. The summed E-state index contributed by atoms with van der Waals surface area (Å²) >= 11 is 3.44. The average molecular weight is 339 g/mol. The molecule has 3 rings (SSSR count). The summed E-state index contributed by atoms with van der Waals surface area (Å²) in [6, 6.07) is 8.79. The minimum atomic E-state index is 0.713. The molecule has 1 N–H and O–H groups in total. The molecule has 1 aliphatic carbocycles. The van der Waals surface area contributed by atoms with Crippen LogP contribution in [0.5, 0.6) is 5.75 Å². The van der Waals surface area contributed by atoms with Gasteiger partial charge in [0.2, 0.25) is 0 Å². The van der Waals surface area contributed by atoms with E-state index >= 15 is 0 Å². The Morgan fingerprint density at radius 1 is 1.25 bits per heavy atom. The van der Waals surface area contributed by atoms with Crippen LogP contribution in [0.15, 0.2) is 28.7 Å². The quantitative estimate of drug-likeness (QED) is 0.893. The average Bonchev–Trinajstić information content (AvgIpc) is 3.26. The van der Waals surface area contributed by atoms with Crippen molar-refractivity contribution in [1.82, 2.24) is 10.2 Å². The van der Waals surface area contributed by atoms with Crippen LogP contribution in [0.3, 0.4) is 0 Å². The van der Waals surface area contributed by atoms with Gasteiger partial charge >= 0.3 is 0 Å². The monoisotopic (exact) mass is 338 g/mol. The number of hydrogen-bond acceptors (Lipinski definition) is 3. The third-order valence-corrected chi connectivity index (χ3v) is 4.72. The molecule has 1 atom stereocenters. The Balaban J connectivity index is 1.43. The maximum Gasteiger partial charge on any atom is 0.119 e. The smallest absolute Gasteiger partial charge is 0.119 e. The number of halogens is 1. The highest BCUT2D eigenvalue weighted by Gasteiger charge is 2.32. The van der Waals surface area contributed by atoms with Crippen molar-refractivity contribution in [2.24, 2.45) is 5.92 Å². The van der Waals surface area contributed by atoms with Crippen molar-refractivity contribution in [2.75, 3.05) is 32.8 Å². The number of ether oxygens (including phenoxy) is 1. The van der Waals surface area contributed by atoms with Crippen LogP contribution in [0.2, 0.25) is 0 Å². The summed E-state index contributed by atoms with van der Waals surface area (Å²) in [6.07, 6.45) is 4.09. The van der Waals surface area contributed by atoms with E-state index in [2.05, 4.69) is 26.1 Å². The lowest BCUT2D eigenvalue weighted by Gasteiger charge is -2.24. The lowest BCUT2D eigenvalue weighted by Crippen LogP contribution is -2.40. The molecule has 2 fully saturated rings. The molecule has 1 aromatic rings. The first kappa shape index (κ1) is 14.4. The first-order valence-electron chi connectivity index (χ1n) is 7.65. The largest absolute Gasteiger partial charge is 0.492 e. The molecule has 110 valence electrons. The standard InChI is InChI=1S/C16H23BrN2O/c17-14-4-6-15(7-5-14)20-11-10-19-9-1-8-18-16(12-19)13-2-3-13/h4-7,13,16,18H,1-3,8-12H2. The van der Waals surface area contributed by atoms with Crippen molar-refractivity contribution < 1.29 is 4.74 Å². The molecule has 0 spiro atoms. The molecule has 0 aromatic heterocycles. The van der Waals surface area contributed by atoms with Gasteiger partial charge in [-0.05, 0) is 62.5 Å². The zero-order valence-electron chi connectivity index (χ0n) is 11.9. The van der Waals surface area contributed by atoms with E-state index in [-0.39, 0.29) is 0 Å². The van der Waals surface area contributed by atoms with Crippen LogP contribution < -0.4 is 10.1 Å². The molecule has 1 heterocycles. The van der Waals surface area contributed by atoms with Crippen molar-refractivity contribution in [3.8, 4) is 5.75 Å². The van der Waals surface area contributed by atoms with Gasteiger partial charge in [0, 0.05) is 23.6 Å². The number of rotatable bonds is 5. The van der Waals surface area contributed by atoms with Gasteiger partial charge in [0.1, 0.15) is 12.4 Å². The molecule has 1 saturated heterocycles. The van der Waals surface area contributed by atoms with E-state index < -0.39 is 0 Å².